The van der Waals surface area contributed by atoms with Crippen molar-refractivity contribution in [2.45, 2.75) is 25.7 Å². The highest BCUT2D eigenvalue weighted by molar-refractivity contribution is 9.10. The van der Waals surface area contributed by atoms with E-state index in [1.165, 1.54) is 13.4 Å². The minimum atomic E-state index is -0.210. The van der Waals surface area contributed by atoms with Gasteiger partial charge >= 0.3 is 5.97 Å². The normalized spacial score (nSPS) is 10.1. The van der Waals surface area contributed by atoms with Crippen LogP contribution in [0.25, 0.3) is 0 Å². The lowest BCUT2D eigenvalue weighted by Gasteiger charge is -2.06. The zero-order valence-electron chi connectivity index (χ0n) is 10.2. The monoisotopic (exact) mass is 317 g/mol. The van der Waals surface area contributed by atoms with E-state index in [1.54, 1.807) is 0 Å². The number of aromatic amines is 1. The molecule has 0 atom stereocenters. The summed E-state index contributed by atoms with van der Waals surface area (Å²) in [5, 5.41) is 3.06. The van der Waals surface area contributed by atoms with E-state index in [-0.39, 0.29) is 11.5 Å². The van der Waals surface area contributed by atoms with Crippen molar-refractivity contribution in [2.75, 3.05) is 19.0 Å². The van der Waals surface area contributed by atoms with Crippen molar-refractivity contribution in [1.29, 1.82) is 0 Å². The first-order valence-corrected chi connectivity index (χ1v) is 6.48. The summed E-state index contributed by atoms with van der Waals surface area (Å²) in [5.74, 6) is 0.355. The van der Waals surface area contributed by atoms with Gasteiger partial charge in [0.1, 0.15) is 10.3 Å². The van der Waals surface area contributed by atoms with Gasteiger partial charge in [-0.1, -0.05) is 6.42 Å². The molecule has 0 radical (unpaired) electrons. The number of hydrogen-bond donors (Lipinski definition) is 2. The summed E-state index contributed by atoms with van der Waals surface area (Å²) in [6, 6.07) is 0. The summed E-state index contributed by atoms with van der Waals surface area (Å²) in [6.45, 7) is 0.705. The third-order valence-electron chi connectivity index (χ3n) is 2.37. The molecule has 0 aliphatic heterocycles. The molecule has 0 unspecified atom stereocenters. The van der Waals surface area contributed by atoms with Crippen LogP contribution in [-0.2, 0) is 9.53 Å². The predicted molar refractivity (Wildman–Crippen MR) is 71.5 cm³/mol. The second-order valence-electron chi connectivity index (χ2n) is 3.71. The maximum atomic E-state index is 11.2. The van der Waals surface area contributed by atoms with E-state index in [4.69, 9.17) is 0 Å². The summed E-state index contributed by atoms with van der Waals surface area (Å²) in [7, 11) is 1.39. The lowest BCUT2D eigenvalue weighted by Crippen LogP contribution is -2.12. The SMILES string of the molecule is COC(=O)CCCCCNc1nc[nH]c(=O)c1Br. The van der Waals surface area contributed by atoms with E-state index in [2.05, 4.69) is 36.0 Å². The Kier molecular flexibility index (Phi) is 6.42. The number of rotatable bonds is 7. The van der Waals surface area contributed by atoms with Crippen molar-refractivity contribution < 1.29 is 9.53 Å². The second kappa shape index (κ2) is 7.86. The molecule has 1 aromatic rings. The van der Waals surface area contributed by atoms with Crippen molar-refractivity contribution in [3.05, 3.63) is 21.2 Å². The fraction of sp³-hybridized carbons (Fsp3) is 0.545. The summed E-state index contributed by atoms with van der Waals surface area (Å²) < 4.78 is 4.95. The molecule has 0 spiro atoms. The first-order valence-electron chi connectivity index (χ1n) is 5.69. The number of halogens is 1. The fourth-order valence-corrected chi connectivity index (χ4v) is 1.74. The summed E-state index contributed by atoms with van der Waals surface area (Å²) in [4.78, 5) is 28.6. The largest absolute Gasteiger partial charge is 0.469 e. The van der Waals surface area contributed by atoms with E-state index < -0.39 is 0 Å². The molecular formula is C11H16BrN3O3. The zero-order chi connectivity index (χ0) is 13.4. The fourth-order valence-electron chi connectivity index (χ4n) is 1.39. The summed E-state index contributed by atoms with van der Waals surface area (Å²) in [5.41, 5.74) is -0.210. The molecule has 2 N–H and O–H groups in total. The third-order valence-corrected chi connectivity index (χ3v) is 3.11. The number of nitrogens with zero attached hydrogens (tertiary/aromatic N) is 1. The average molecular weight is 318 g/mol. The maximum absolute atomic E-state index is 11.2. The maximum Gasteiger partial charge on any atom is 0.305 e. The van der Waals surface area contributed by atoms with Gasteiger partial charge in [-0.2, -0.15) is 0 Å². The van der Waals surface area contributed by atoms with Crippen LogP contribution in [0.4, 0.5) is 5.82 Å². The number of methoxy groups -OCH3 is 1. The van der Waals surface area contributed by atoms with Crippen LogP contribution in [0.3, 0.4) is 0 Å². The molecule has 1 heterocycles. The minimum Gasteiger partial charge on any atom is -0.469 e. The number of unbranched alkanes of at least 4 members (excludes halogenated alkanes) is 2. The Morgan fingerprint density at radius 1 is 1.50 bits per heavy atom. The van der Waals surface area contributed by atoms with Gasteiger partial charge in [-0.15, -0.1) is 0 Å². The van der Waals surface area contributed by atoms with Gasteiger partial charge in [0, 0.05) is 13.0 Å². The number of ether oxygens (including phenoxy) is 1. The van der Waals surface area contributed by atoms with Gasteiger partial charge in [0.05, 0.1) is 13.4 Å². The van der Waals surface area contributed by atoms with Crippen LogP contribution in [0.1, 0.15) is 25.7 Å². The van der Waals surface area contributed by atoms with Gasteiger partial charge in [-0.25, -0.2) is 4.98 Å². The lowest BCUT2D eigenvalue weighted by atomic mass is 10.2. The molecule has 1 rings (SSSR count). The molecule has 18 heavy (non-hydrogen) atoms. The van der Waals surface area contributed by atoms with Gasteiger partial charge in [0.25, 0.3) is 5.56 Å². The highest BCUT2D eigenvalue weighted by Crippen LogP contribution is 2.13. The smallest absolute Gasteiger partial charge is 0.305 e. The van der Waals surface area contributed by atoms with Crippen molar-refractivity contribution in [2.24, 2.45) is 0 Å². The average Bonchev–Trinajstić information content (AvgIpc) is 2.38. The molecule has 0 bridgehead atoms. The first-order chi connectivity index (χ1) is 8.65. The molecule has 6 nitrogen and oxygen atoms in total. The highest BCUT2D eigenvalue weighted by Gasteiger charge is 2.04. The molecule has 0 fully saturated rings. The van der Waals surface area contributed by atoms with Crippen LogP contribution in [0.5, 0.6) is 0 Å². The Bertz CT molecular complexity index is 447. The topological polar surface area (TPSA) is 84.1 Å². The second-order valence-corrected chi connectivity index (χ2v) is 4.50. The Morgan fingerprint density at radius 3 is 3.00 bits per heavy atom. The highest BCUT2D eigenvalue weighted by atomic mass is 79.9. The Labute approximate surface area is 113 Å². The van der Waals surface area contributed by atoms with Crippen molar-refractivity contribution in [3.63, 3.8) is 0 Å². The van der Waals surface area contributed by atoms with Crippen LogP contribution in [0, 0.1) is 0 Å². The molecule has 0 saturated carbocycles. The standard InChI is InChI=1S/C11H16BrN3O3/c1-18-8(16)5-3-2-4-6-13-10-9(12)11(17)15-7-14-10/h7H,2-6H2,1H3,(H2,13,14,15,17). The summed E-state index contributed by atoms with van der Waals surface area (Å²) in [6.07, 6.45) is 4.43. The number of carbonyl (C=O) groups excluding carboxylic acids is 1. The molecule has 7 heteroatoms. The van der Waals surface area contributed by atoms with Gasteiger partial charge in [0.2, 0.25) is 0 Å². The van der Waals surface area contributed by atoms with Crippen LogP contribution in [-0.4, -0.2) is 29.6 Å². The van der Waals surface area contributed by atoms with E-state index in [1.807, 2.05) is 0 Å². The molecule has 0 aliphatic rings. The predicted octanol–water partition coefficient (Wildman–Crippen LogP) is 1.68. The van der Waals surface area contributed by atoms with Crippen LogP contribution >= 0.6 is 15.9 Å². The Balaban J connectivity index is 2.20. The number of carbonyl (C=O) groups is 1. The van der Waals surface area contributed by atoms with Gasteiger partial charge < -0.3 is 15.0 Å². The van der Waals surface area contributed by atoms with E-state index >= 15 is 0 Å². The van der Waals surface area contributed by atoms with Crippen LogP contribution < -0.4 is 10.9 Å². The molecule has 100 valence electrons. The molecule has 0 amide bonds. The summed E-state index contributed by atoms with van der Waals surface area (Å²) >= 11 is 3.16. The zero-order valence-corrected chi connectivity index (χ0v) is 11.7. The number of nitrogens with one attached hydrogen (secondary N) is 2. The van der Waals surface area contributed by atoms with E-state index in [0.29, 0.717) is 23.3 Å². The number of anilines is 1. The quantitative estimate of drug-likeness (QED) is 0.590. The third kappa shape index (κ3) is 4.87. The first kappa shape index (κ1) is 14.7. The molecular weight excluding hydrogens is 302 g/mol. The molecule has 1 aromatic heterocycles. The molecule has 0 aromatic carbocycles. The van der Waals surface area contributed by atoms with E-state index in [9.17, 15) is 9.59 Å². The van der Waals surface area contributed by atoms with Crippen LogP contribution in [0.2, 0.25) is 0 Å². The van der Waals surface area contributed by atoms with Crippen molar-refractivity contribution in [1.82, 2.24) is 9.97 Å². The Hall–Kier alpha value is -1.37. The van der Waals surface area contributed by atoms with Crippen LogP contribution in [0.15, 0.2) is 15.6 Å². The Morgan fingerprint density at radius 2 is 2.28 bits per heavy atom. The number of H-pyrrole nitrogens is 1. The van der Waals surface area contributed by atoms with Gasteiger partial charge in [0.15, 0.2) is 0 Å². The van der Waals surface area contributed by atoms with Gasteiger partial charge in [-0.3, -0.25) is 9.59 Å². The molecule has 0 saturated heterocycles. The van der Waals surface area contributed by atoms with Gasteiger partial charge in [-0.05, 0) is 28.8 Å². The lowest BCUT2D eigenvalue weighted by molar-refractivity contribution is -0.140. The van der Waals surface area contributed by atoms with Crippen molar-refractivity contribution in [3.8, 4) is 0 Å². The molecule has 0 aliphatic carbocycles. The van der Waals surface area contributed by atoms with Crippen molar-refractivity contribution >= 4 is 27.7 Å². The van der Waals surface area contributed by atoms with E-state index in [0.717, 1.165) is 19.3 Å². The number of aromatic nitrogens is 2. The number of hydrogen-bond acceptors (Lipinski definition) is 5. The minimum absolute atomic E-state index is 0.179. The number of esters is 1.